The molecular weight excluding hydrogens is 339 g/mol. The number of nitro benzene ring substituents is 1. The van der Waals surface area contributed by atoms with E-state index in [1.165, 1.54) is 6.07 Å². The number of benzene rings is 2. The number of hydrogen-bond acceptors (Lipinski definition) is 4. The molecule has 21 heavy (non-hydrogen) atoms. The molecule has 2 aromatic rings. The van der Waals surface area contributed by atoms with Gasteiger partial charge >= 0.3 is 5.69 Å². The Balaban J connectivity index is 2.25. The Labute approximate surface area is 135 Å². The van der Waals surface area contributed by atoms with E-state index in [1.807, 2.05) is 0 Å². The van der Waals surface area contributed by atoms with Gasteiger partial charge < -0.3 is 10.5 Å². The van der Waals surface area contributed by atoms with Gasteiger partial charge in [0.25, 0.3) is 0 Å². The van der Waals surface area contributed by atoms with Crippen molar-refractivity contribution >= 4 is 46.2 Å². The maximum absolute atomic E-state index is 10.8. The van der Waals surface area contributed by atoms with E-state index in [2.05, 4.69) is 0 Å². The first-order chi connectivity index (χ1) is 9.90. The van der Waals surface area contributed by atoms with Crippen molar-refractivity contribution in [3.05, 3.63) is 61.1 Å². The highest BCUT2D eigenvalue weighted by molar-refractivity contribution is 6.44. The lowest BCUT2D eigenvalue weighted by atomic mass is 10.2. The lowest BCUT2D eigenvalue weighted by molar-refractivity contribution is -0.383. The van der Waals surface area contributed by atoms with Crippen LogP contribution in [0.1, 0.15) is 5.56 Å². The molecule has 0 spiro atoms. The minimum absolute atomic E-state index is 0.0495. The molecule has 2 aromatic carbocycles. The van der Waals surface area contributed by atoms with E-state index in [9.17, 15) is 10.1 Å². The molecule has 0 saturated heterocycles. The molecule has 5 nitrogen and oxygen atoms in total. The number of rotatable bonds is 4. The molecule has 0 aliphatic rings. The average molecular weight is 348 g/mol. The molecule has 8 heteroatoms. The van der Waals surface area contributed by atoms with E-state index in [-0.39, 0.29) is 28.1 Å². The third-order valence-electron chi connectivity index (χ3n) is 2.67. The van der Waals surface area contributed by atoms with Gasteiger partial charge in [-0.1, -0.05) is 46.9 Å². The van der Waals surface area contributed by atoms with Gasteiger partial charge in [0.2, 0.25) is 0 Å². The molecule has 2 N–H and O–H groups in total. The fourth-order valence-corrected chi connectivity index (χ4v) is 2.24. The van der Waals surface area contributed by atoms with Crippen LogP contribution in [0.3, 0.4) is 0 Å². The van der Waals surface area contributed by atoms with E-state index in [4.69, 9.17) is 45.3 Å². The highest BCUT2D eigenvalue weighted by Crippen LogP contribution is 2.43. The number of nitrogens with two attached hydrogens (primary N) is 1. The molecule has 110 valence electrons. The predicted octanol–water partition coefficient (Wildman–Crippen LogP) is 4.72. The second-order valence-electron chi connectivity index (χ2n) is 4.11. The summed E-state index contributed by atoms with van der Waals surface area (Å²) < 4.78 is 5.50. The topological polar surface area (TPSA) is 78.4 Å². The summed E-state index contributed by atoms with van der Waals surface area (Å²) in [4.78, 5) is 10.2. The number of ether oxygens (including phenoxy) is 1. The number of halogens is 3. The zero-order valence-electron chi connectivity index (χ0n) is 10.5. The largest absolute Gasteiger partial charge is 0.487 e. The van der Waals surface area contributed by atoms with Crippen molar-refractivity contribution in [2.75, 3.05) is 5.73 Å². The summed E-state index contributed by atoms with van der Waals surface area (Å²) in [7, 11) is 0. The molecule has 0 fully saturated rings. The molecule has 0 radical (unpaired) electrons. The Morgan fingerprint density at radius 2 is 1.76 bits per heavy atom. The van der Waals surface area contributed by atoms with Crippen LogP contribution in [-0.4, -0.2) is 4.92 Å². The summed E-state index contributed by atoms with van der Waals surface area (Å²) in [6.45, 7) is 0.199. The number of hydrogen-bond donors (Lipinski definition) is 1. The zero-order valence-corrected chi connectivity index (χ0v) is 12.7. The Morgan fingerprint density at radius 3 is 2.33 bits per heavy atom. The van der Waals surface area contributed by atoms with E-state index >= 15 is 0 Å². The number of anilines is 1. The van der Waals surface area contributed by atoms with Gasteiger partial charge in [-0.25, -0.2) is 0 Å². The van der Waals surface area contributed by atoms with Gasteiger partial charge in [-0.05, 0) is 17.7 Å². The number of nitrogen functional groups attached to an aromatic ring is 1. The van der Waals surface area contributed by atoms with Crippen LogP contribution in [0.4, 0.5) is 11.4 Å². The summed E-state index contributed by atoms with van der Waals surface area (Å²) in [5, 5.41) is 11.2. The Morgan fingerprint density at radius 1 is 1.14 bits per heavy atom. The molecule has 0 aliphatic carbocycles. The molecule has 0 bridgehead atoms. The molecule has 0 aliphatic heterocycles. The van der Waals surface area contributed by atoms with Crippen molar-refractivity contribution in [1.29, 1.82) is 0 Å². The summed E-state index contributed by atoms with van der Waals surface area (Å²) in [6.07, 6.45) is 0. The van der Waals surface area contributed by atoms with Crippen LogP contribution in [0.25, 0.3) is 0 Å². The average Bonchev–Trinajstić information content (AvgIpc) is 2.42. The van der Waals surface area contributed by atoms with Crippen LogP contribution in [0.15, 0.2) is 30.3 Å². The van der Waals surface area contributed by atoms with Crippen LogP contribution in [-0.2, 0) is 6.61 Å². The van der Waals surface area contributed by atoms with E-state index in [1.54, 1.807) is 24.3 Å². The van der Waals surface area contributed by atoms with Gasteiger partial charge in [-0.2, -0.15) is 0 Å². The monoisotopic (exact) mass is 346 g/mol. The summed E-state index contributed by atoms with van der Waals surface area (Å²) >= 11 is 17.6. The standard InChI is InChI=1S/C13H9Cl3N2O3/c14-8-3-1-7(2-4-8)6-21-10-5-9(17)13(18(19)20)12(16)11(10)15/h1-5H,6,17H2. The highest BCUT2D eigenvalue weighted by atomic mass is 35.5. The fourth-order valence-electron chi connectivity index (χ4n) is 1.64. The lowest BCUT2D eigenvalue weighted by Crippen LogP contribution is -2.01. The van der Waals surface area contributed by atoms with Gasteiger partial charge in [0.05, 0.1) is 4.92 Å². The van der Waals surface area contributed by atoms with Crippen molar-refractivity contribution in [3.63, 3.8) is 0 Å². The Hall–Kier alpha value is -1.69. The molecule has 2 rings (SSSR count). The smallest absolute Gasteiger partial charge is 0.312 e. The van der Waals surface area contributed by atoms with Crippen LogP contribution < -0.4 is 10.5 Å². The summed E-state index contributed by atoms with van der Waals surface area (Å²) in [6, 6.07) is 8.29. The van der Waals surface area contributed by atoms with Gasteiger partial charge in [-0.15, -0.1) is 0 Å². The van der Waals surface area contributed by atoms with Gasteiger partial charge in [0.1, 0.15) is 28.1 Å². The summed E-state index contributed by atoms with van der Waals surface area (Å²) in [5.41, 5.74) is 5.91. The Bertz CT molecular complexity index is 690. The first kappa shape index (κ1) is 15.7. The molecular formula is C13H9Cl3N2O3. The zero-order chi connectivity index (χ0) is 15.6. The minimum Gasteiger partial charge on any atom is -0.487 e. The quantitative estimate of drug-likeness (QED) is 0.493. The molecule has 0 unspecified atom stereocenters. The molecule has 0 atom stereocenters. The Kier molecular flexibility index (Phi) is 4.77. The third-order valence-corrected chi connectivity index (χ3v) is 3.76. The van der Waals surface area contributed by atoms with Crippen molar-refractivity contribution < 1.29 is 9.66 Å². The normalized spacial score (nSPS) is 10.4. The number of nitro groups is 1. The summed E-state index contributed by atoms with van der Waals surface area (Å²) in [5.74, 6) is 0.180. The SMILES string of the molecule is Nc1cc(OCc2ccc(Cl)cc2)c(Cl)c(Cl)c1[N+](=O)[O-]. The molecule has 0 saturated carbocycles. The molecule has 0 amide bonds. The van der Waals surface area contributed by atoms with Gasteiger partial charge in [0, 0.05) is 11.1 Å². The van der Waals surface area contributed by atoms with Crippen LogP contribution in [0.2, 0.25) is 15.1 Å². The van der Waals surface area contributed by atoms with Gasteiger partial charge in [-0.3, -0.25) is 10.1 Å². The fraction of sp³-hybridized carbons (Fsp3) is 0.0769. The van der Waals surface area contributed by atoms with E-state index in [0.29, 0.717) is 5.02 Å². The number of nitrogens with zero attached hydrogens (tertiary/aromatic N) is 1. The predicted molar refractivity (Wildman–Crippen MR) is 83.3 cm³/mol. The third kappa shape index (κ3) is 3.50. The van der Waals surface area contributed by atoms with Crippen molar-refractivity contribution in [3.8, 4) is 5.75 Å². The maximum Gasteiger partial charge on any atom is 0.312 e. The van der Waals surface area contributed by atoms with Crippen molar-refractivity contribution in [1.82, 2.24) is 0 Å². The molecule has 0 aromatic heterocycles. The van der Waals surface area contributed by atoms with Crippen LogP contribution in [0, 0.1) is 10.1 Å². The maximum atomic E-state index is 10.8. The lowest BCUT2D eigenvalue weighted by Gasteiger charge is -2.11. The van der Waals surface area contributed by atoms with Gasteiger partial charge in [0.15, 0.2) is 0 Å². The van der Waals surface area contributed by atoms with Crippen LogP contribution >= 0.6 is 34.8 Å². The van der Waals surface area contributed by atoms with E-state index in [0.717, 1.165) is 5.56 Å². The van der Waals surface area contributed by atoms with Crippen molar-refractivity contribution in [2.24, 2.45) is 0 Å². The second-order valence-corrected chi connectivity index (χ2v) is 5.31. The van der Waals surface area contributed by atoms with Crippen LogP contribution in [0.5, 0.6) is 5.75 Å². The first-order valence-corrected chi connectivity index (χ1v) is 6.82. The van der Waals surface area contributed by atoms with E-state index < -0.39 is 10.6 Å². The first-order valence-electron chi connectivity index (χ1n) is 5.69. The minimum atomic E-state index is -0.688. The second kappa shape index (κ2) is 6.39. The highest BCUT2D eigenvalue weighted by Gasteiger charge is 2.23. The molecule has 0 heterocycles. The van der Waals surface area contributed by atoms with Crippen molar-refractivity contribution in [2.45, 2.75) is 6.61 Å².